The summed E-state index contributed by atoms with van der Waals surface area (Å²) in [5.74, 6) is 0. The van der Waals surface area contributed by atoms with Crippen LogP contribution >= 0.6 is 27.3 Å². The monoisotopic (exact) mass is 282 g/mol. The second-order valence-electron chi connectivity index (χ2n) is 3.79. The van der Waals surface area contributed by atoms with E-state index in [2.05, 4.69) is 37.9 Å². The van der Waals surface area contributed by atoms with Crippen molar-refractivity contribution < 1.29 is 0 Å². The minimum atomic E-state index is 1.11. The normalized spacial score (nSPS) is 16.5. The largest absolute Gasteiger partial charge is 0.370 e. The van der Waals surface area contributed by atoms with Crippen LogP contribution in [-0.4, -0.2) is 18.1 Å². The maximum atomic E-state index is 4.39. The van der Waals surface area contributed by atoms with E-state index < -0.39 is 0 Å². The fraction of sp³-hybridized carbons (Fsp3) is 0.364. The van der Waals surface area contributed by atoms with Crippen molar-refractivity contribution in [1.29, 1.82) is 0 Å². The maximum absolute atomic E-state index is 4.39. The van der Waals surface area contributed by atoms with Gasteiger partial charge in [-0.2, -0.15) is 0 Å². The molecule has 0 N–H and O–H groups in total. The van der Waals surface area contributed by atoms with Crippen LogP contribution in [0.5, 0.6) is 0 Å². The van der Waals surface area contributed by atoms with Crippen molar-refractivity contribution >= 4 is 43.2 Å². The van der Waals surface area contributed by atoms with Crippen LogP contribution in [0.3, 0.4) is 0 Å². The highest BCUT2D eigenvalue weighted by Crippen LogP contribution is 2.36. The molecule has 15 heavy (non-hydrogen) atoms. The Labute approximate surface area is 101 Å². The molecule has 0 radical (unpaired) electrons. The van der Waals surface area contributed by atoms with Gasteiger partial charge in [-0.05, 0) is 40.9 Å². The molecule has 4 heteroatoms. The van der Waals surface area contributed by atoms with Gasteiger partial charge in [-0.25, -0.2) is 0 Å². The molecule has 0 aliphatic carbocycles. The molecule has 2 aromatic heterocycles. The Morgan fingerprint density at radius 3 is 2.93 bits per heavy atom. The van der Waals surface area contributed by atoms with E-state index in [-0.39, 0.29) is 0 Å². The second kappa shape index (κ2) is 3.76. The standard InChI is InChI=1S/C11H11BrN2S/c12-10-7-8-11(15-10)9(3-4-13-8)14-5-1-2-6-14/h3-4,7H,1-2,5-6H2. The zero-order valence-electron chi connectivity index (χ0n) is 8.24. The van der Waals surface area contributed by atoms with Crippen LogP contribution < -0.4 is 4.90 Å². The minimum absolute atomic E-state index is 1.11. The SMILES string of the molecule is Brc1cc2nccc(N3CCCC3)c2s1. The highest BCUT2D eigenvalue weighted by Gasteiger charge is 2.16. The van der Waals surface area contributed by atoms with Crippen molar-refractivity contribution in [3.05, 3.63) is 22.1 Å². The summed E-state index contributed by atoms with van der Waals surface area (Å²) in [5, 5.41) is 0. The minimum Gasteiger partial charge on any atom is -0.370 e. The van der Waals surface area contributed by atoms with E-state index in [0.29, 0.717) is 0 Å². The zero-order valence-corrected chi connectivity index (χ0v) is 10.6. The molecule has 1 saturated heterocycles. The molecule has 1 aliphatic heterocycles. The van der Waals surface area contributed by atoms with Gasteiger partial charge in [0.15, 0.2) is 0 Å². The van der Waals surface area contributed by atoms with Crippen molar-refractivity contribution in [2.24, 2.45) is 0 Å². The van der Waals surface area contributed by atoms with Crippen LogP contribution in [0.1, 0.15) is 12.8 Å². The van der Waals surface area contributed by atoms with E-state index in [1.807, 2.05) is 6.20 Å². The fourth-order valence-corrected chi connectivity index (χ4v) is 3.69. The van der Waals surface area contributed by atoms with Gasteiger partial charge in [0.2, 0.25) is 0 Å². The van der Waals surface area contributed by atoms with E-state index in [0.717, 1.165) is 9.30 Å². The van der Waals surface area contributed by atoms with Crippen molar-refractivity contribution in [1.82, 2.24) is 4.98 Å². The fourth-order valence-electron chi connectivity index (χ4n) is 2.10. The first-order valence-electron chi connectivity index (χ1n) is 5.13. The number of fused-ring (bicyclic) bond motifs is 1. The molecule has 3 rings (SSSR count). The number of hydrogen-bond acceptors (Lipinski definition) is 3. The molecule has 0 saturated carbocycles. The summed E-state index contributed by atoms with van der Waals surface area (Å²) >= 11 is 5.31. The van der Waals surface area contributed by atoms with Gasteiger partial charge in [-0.15, -0.1) is 11.3 Å². The number of thiophene rings is 1. The smallest absolute Gasteiger partial charge is 0.0842 e. The zero-order chi connectivity index (χ0) is 10.3. The Kier molecular flexibility index (Phi) is 2.41. The molecule has 0 spiro atoms. The lowest BCUT2D eigenvalue weighted by Crippen LogP contribution is -2.17. The van der Waals surface area contributed by atoms with E-state index >= 15 is 0 Å². The van der Waals surface area contributed by atoms with Crippen molar-refractivity contribution in [2.45, 2.75) is 12.8 Å². The van der Waals surface area contributed by atoms with Crippen LogP contribution in [-0.2, 0) is 0 Å². The molecule has 2 aromatic rings. The number of rotatable bonds is 1. The molecule has 2 nitrogen and oxygen atoms in total. The predicted molar refractivity (Wildman–Crippen MR) is 68.8 cm³/mol. The Morgan fingerprint density at radius 1 is 1.33 bits per heavy atom. The molecular weight excluding hydrogens is 272 g/mol. The molecule has 78 valence electrons. The van der Waals surface area contributed by atoms with Crippen molar-refractivity contribution in [2.75, 3.05) is 18.0 Å². The molecule has 3 heterocycles. The first-order chi connectivity index (χ1) is 7.34. The average molecular weight is 283 g/mol. The third-order valence-electron chi connectivity index (χ3n) is 2.81. The quantitative estimate of drug-likeness (QED) is 0.794. The number of pyridine rings is 1. The van der Waals surface area contributed by atoms with Crippen LogP contribution in [0.4, 0.5) is 5.69 Å². The number of nitrogens with zero attached hydrogens (tertiary/aromatic N) is 2. The number of aromatic nitrogens is 1. The summed E-state index contributed by atoms with van der Waals surface area (Å²) < 4.78 is 2.47. The predicted octanol–water partition coefficient (Wildman–Crippen LogP) is 3.66. The number of hydrogen-bond donors (Lipinski definition) is 0. The molecular formula is C11H11BrN2S. The third-order valence-corrected chi connectivity index (χ3v) is 4.46. The van der Waals surface area contributed by atoms with E-state index in [1.165, 1.54) is 36.3 Å². The molecule has 1 fully saturated rings. The summed E-state index contributed by atoms with van der Waals surface area (Å²) in [6.45, 7) is 2.38. The topological polar surface area (TPSA) is 16.1 Å². The lowest BCUT2D eigenvalue weighted by Gasteiger charge is -2.17. The summed E-state index contributed by atoms with van der Waals surface area (Å²) in [6, 6.07) is 4.23. The average Bonchev–Trinajstić information content (AvgIpc) is 2.82. The van der Waals surface area contributed by atoms with Crippen LogP contribution in [0, 0.1) is 0 Å². The van der Waals surface area contributed by atoms with Crippen molar-refractivity contribution in [3.8, 4) is 0 Å². The molecule has 0 amide bonds. The maximum Gasteiger partial charge on any atom is 0.0842 e. The summed E-state index contributed by atoms with van der Waals surface area (Å²) in [7, 11) is 0. The van der Waals surface area contributed by atoms with Gasteiger partial charge >= 0.3 is 0 Å². The summed E-state index contributed by atoms with van der Waals surface area (Å²) in [5.41, 5.74) is 2.46. The Balaban J connectivity index is 2.16. The van der Waals surface area contributed by atoms with E-state index in [4.69, 9.17) is 0 Å². The van der Waals surface area contributed by atoms with Gasteiger partial charge in [-0.3, -0.25) is 4.98 Å². The second-order valence-corrected chi connectivity index (χ2v) is 6.22. The summed E-state index contributed by atoms with van der Waals surface area (Å²) in [4.78, 5) is 6.85. The molecule has 0 aromatic carbocycles. The molecule has 0 unspecified atom stereocenters. The van der Waals surface area contributed by atoms with Gasteiger partial charge in [0.25, 0.3) is 0 Å². The van der Waals surface area contributed by atoms with Crippen molar-refractivity contribution in [3.63, 3.8) is 0 Å². The van der Waals surface area contributed by atoms with Gasteiger partial charge in [0, 0.05) is 19.3 Å². The van der Waals surface area contributed by atoms with Crippen LogP contribution in [0.2, 0.25) is 0 Å². The number of anilines is 1. The van der Waals surface area contributed by atoms with Gasteiger partial charge < -0.3 is 4.90 Å². The first-order valence-corrected chi connectivity index (χ1v) is 6.74. The van der Waals surface area contributed by atoms with Gasteiger partial charge in [0.05, 0.1) is 19.7 Å². The Bertz CT molecular complexity index is 488. The van der Waals surface area contributed by atoms with Crippen LogP contribution in [0.15, 0.2) is 22.1 Å². The van der Waals surface area contributed by atoms with E-state index in [9.17, 15) is 0 Å². The Hall–Kier alpha value is -0.610. The van der Waals surface area contributed by atoms with Gasteiger partial charge in [-0.1, -0.05) is 0 Å². The highest BCUT2D eigenvalue weighted by atomic mass is 79.9. The molecule has 0 bridgehead atoms. The Morgan fingerprint density at radius 2 is 2.13 bits per heavy atom. The lowest BCUT2D eigenvalue weighted by molar-refractivity contribution is 0.949. The highest BCUT2D eigenvalue weighted by molar-refractivity contribution is 9.11. The number of halogens is 1. The molecule has 0 atom stereocenters. The third kappa shape index (κ3) is 1.66. The first kappa shape index (κ1) is 9.60. The summed E-state index contributed by atoms with van der Waals surface area (Å²) in [6.07, 6.45) is 4.54. The van der Waals surface area contributed by atoms with E-state index in [1.54, 1.807) is 11.3 Å². The molecule has 1 aliphatic rings. The lowest BCUT2D eigenvalue weighted by atomic mass is 10.3. The van der Waals surface area contributed by atoms with Crippen LogP contribution in [0.25, 0.3) is 10.2 Å². The van der Waals surface area contributed by atoms with Gasteiger partial charge in [0.1, 0.15) is 0 Å².